The number of halogens is 1. The van der Waals surface area contributed by atoms with E-state index in [1.807, 2.05) is 12.1 Å². The minimum absolute atomic E-state index is 0.0697. The van der Waals surface area contributed by atoms with Crippen molar-refractivity contribution < 1.29 is 14.3 Å². The maximum absolute atomic E-state index is 12.5. The molecule has 1 aromatic carbocycles. The van der Waals surface area contributed by atoms with Crippen molar-refractivity contribution in [2.45, 2.75) is 6.42 Å². The van der Waals surface area contributed by atoms with Crippen molar-refractivity contribution in [3.05, 3.63) is 29.3 Å². The van der Waals surface area contributed by atoms with Gasteiger partial charge in [0.1, 0.15) is 5.92 Å². The molecule has 0 unspecified atom stereocenters. The number of amides is 2. The lowest BCUT2D eigenvalue weighted by Gasteiger charge is -2.28. The van der Waals surface area contributed by atoms with Gasteiger partial charge in [-0.1, -0.05) is 11.6 Å². The predicted octanol–water partition coefficient (Wildman–Crippen LogP) is 1.55. The third kappa shape index (κ3) is 2.89. The predicted molar refractivity (Wildman–Crippen MR) is 79.3 cm³/mol. The summed E-state index contributed by atoms with van der Waals surface area (Å²) in [6, 6.07) is 7.12. The lowest BCUT2D eigenvalue weighted by Crippen LogP contribution is -2.45. The average Bonchev–Trinajstić information content (AvgIpc) is 2.90. The van der Waals surface area contributed by atoms with E-state index in [2.05, 4.69) is 0 Å². The normalized spacial score (nSPS) is 22.7. The van der Waals surface area contributed by atoms with Gasteiger partial charge in [-0.3, -0.25) is 9.59 Å². The Morgan fingerprint density at radius 1 is 1.14 bits per heavy atom. The molecule has 0 spiro atoms. The highest BCUT2D eigenvalue weighted by molar-refractivity contribution is 6.30. The van der Waals surface area contributed by atoms with Crippen LogP contribution in [-0.2, 0) is 14.3 Å². The van der Waals surface area contributed by atoms with Crippen LogP contribution in [0.15, 0.2) is 24.3 Å². The number of hydrogen-bond acceptors (Lipinski definition) is 3. The Bertz CT molecular complexity index is 540. The van der Waals surface area contributed by atoms with Crippen molar-refractivity contribution in [1.29, 1.82) is 0 Å². The second-order valence-electron chi connectivity index (χ2n) is 5.25. The van der Waals surface area contributed by atoms with Crippen LogP contribution in [-0.4, -0.2) is 49.6 Å². The molecule has 0 N–H and O–H groups in total. The van der Waals surface area contributed by atoms with Gasteiger partial charge in [0, 0.05) is 30.3 Å². The molecule has 2 aliphatic heterocycles. The van der Waals surface area contributed by atoms with Crippen LogP contribution < -0.4 is 4.90 Å². The number of hydrogen-bond donors (Lipinski definition) is 0. The SMILES string of the molecule is O=C([C@@H]1CCN(c2ccc(Cl)cc2)C1=O)N1CCOCC1. The van der Waals surface area contributed by atoms with Gasteiger partial charge in [-0.2, -0.15) is 0 Å². The largest absolute Gasteiger partial charge is 0.378 e. The molecular weight excluding hydrogens is 292 g/mol. The first-order chi connectivity index (χ1) is 10.2. The van der Waals surface area contributed by atoms with E-state index in [0.29, 0.717) is 44.3 Å². The van der Waals surface area contributed by atoms with E-state index >= 15 is 0 Å². The molecule has 112 valence electrons. The first-order valence-corrected chi connectivity index (χ1v) is 7.48. The van der Waals surface area contributed by atoms with E-state index in [9.17, 15) is 9.59 Å². The average molecular weight is 309 g/mol. The van der Waals surface area contributed by atoms with E-state index in [-0.39, 0.29) is 11.8 Å². The maximum Gasteiger partial charge on any atom is 0.239 e. The Morgan fingerprint density at radius 2 is 1.81 bits per heavy atom. The van der Waals surface area contributed by atoms with Crippen molar-refractivity contribution in [2.75, 3.05) is 37.7 Å². The number of benzene rings is 1. The fourth-order valence-electron chi connectivity index (χ4n) is 2.79. The van der Waals surface area contributed by atoms with E-state index in [4.69, 9.17) is 16.3 Å². The van der Waals surface area contributed by atoms with Gasteiger partial charge < -0.3 is 14.5 Å². The summed E-state index contributed by atoms with van der Waals surface area (Å²) >= 11 is 5.86. The molecule has 21 heavy (non-hydrogen) atoms. The van der Waals surface area contributed by atoms with Crippen LogP contribution >= 0.6 is 11.6 Å². The van der Waals surface area contributed by atoms with Crippen LogP contribution in [0, 0.1) is 5.92 Å². The smallest absolute Gasteiger partial charge is 0.239 e. The highest BCUT2D eigenvalue weighted by atomic mass is 35.5. The fraction of sp³-hybridized carbons (Fsp3) is 0.467. The summed E-state index contributed by atoms with van der Waals surface area (Å²) < 4.78 is 5.24. The first kappa shape index (κ1) is 14.4. The van der Waals surface area contributed by atoms with Crippen molar-refractivity contribution in [3.8, 4) is 0 Å². The van der Waals surface area contributed by atoms with Gasteiger partial charge in [0.15, 0.2) is 0 Å². The van der Waals surface area contributed by atoms with Gasteiger partial charge >= 0.3 is 0 Å². The van der Waals surface area contributed by atoms with Crippen LogP contribution in [0.3, 0.4) is 0 Å². The Balaban J connectivity index is 1.71. The number of ether oxygens (including phenoxy) is 1. The summed E-state index contributed by atoms with van der Waals surface area (Å²) in [5.41, 5.74) is 0.793. The third-order valence-corrected chi connectivity index (χ3v) is 4.22. The minimum Gasteiger partial charge on any atom is -0.378 e. The molecule has 1 aromatic rings. The number of morpholine rings is 1. The van der Waals surface area contributed by atoms with Gasteiger partial charge in [0.2, 0.25) is 11.8 Å². The summed E-state index contributed by atoms with van der Waals surface area (Å²) in [4.78, 5) is 28.3. The lowest BCUT2D eigenvalue weighted by molar-refractivity contribution is -0.143. The molecule has 2 fully saturated rings. The Morgan fingerprint density at radius 3 is 2.48 bits per heavy atom. The van der Waals surface area contributed by atoms with Crippen LogP contribution in [0.1, 0.15) is 6.42 Å². The van der Waals surface area contributed by atoms with Gasteiger partial charge in [-0.05, 0) is 30.7 Å². The van der Waals surface area contributed by atoms with Crippen molar-refractivity contribution in [3.63, 3.8) is 0 Å². The molecular formula is C15H17ClN2O3. The Labute approximate surface area is 128 Å². The van der Waals surface area contributed by atoms with Gasteiger partial charge in [0.25, 0.3) is 0 Å². The zero-order valence-corrected chi connectivity index (χ0v) is 12.4. The van der Waals surface area contributed by atoms with Crippen LogP contribution in [0.5, 0.6) is 0 Å². The van der Waals surface area contributed by atoms with E-state index in [1.54, 1.807) is 21.9 Å². The molecule has 2 heterocycles. The second kappa shape index (κ2) is 6.03. The molecule has 0 aliphatic carbocycles. The number of carbonyl (C=O) groups excluding carboxylic acids is 2. The zero-order valence-electron chi connectivity index (χ0n) is 11.6. The standard InChI is InChI=1S/C15H17ClN2O3/c16-11-1-3-12(4-2-11)18-6-5-13(15(18)20)14(19)17-7-9-21-10-8-17/h1-4,13H,5-10H2/t13-/m0/s1. The summed E-state index contributed by atoms with van der Waals surface area (Å²) in [6.45, 7) is 2.81. The molecule has 0 bridgehead atoms. The molecule has 2 amide bonds. The van der Waals surface area contributed by atoms with Gasteiger partial charge in [-0.15, -0.1) is 0 Å². The summed E-state index contributed by atoms with van der Waals surface area (Å²) in [5, 5.41) is 0.631. The van der Waals surface area contributed by atoms with Gasteiger partial charge in [-0.25, -0.2) is 0 Å². The molecule has 0 radical (unpaired) electrons. The Hall–Kier alpha value is -1.59. The highest BCUT2D eigenvalue weighted by Crippen LogP contribution is 2.27. The third-order valence-electron chi connectivity index (χ3n) is 3.96. The van der Waals surface area contributed by atoms with E-state index in [0.717, 1.165) is 5.69 Å². The molecule has 2 saturated heterocycles. The fourth-order valence-corrected chi connectivity index (χ4v) is 2.92. The topological polar surface area (TPSA) is 49.9 Å². The maximum atomic E-state index is 12.5. The number of carbonyl (C=O) groups is 2. The molecule has 3 rings (SSSR count). The van der Waals surface area contributed by atoms with E-state index in [1.165, 1.54) is 0 Å². The summed E-state index contributed by atoms with van der Waals surface area (Å²) in [5.74, 6) is -0.743. The number of nitrogens with zero attached hydrogens (tertiary/aromatic N) is 2. The van der Waals surface area contributed by atoms with Crippen molar-refractivity contribution in [2.24, 2.45) is 5.92 Å². The highest BCUT2D eigenvalue weighted by Gasteiger charge is 2.39. The summed E-state index contributed by atoms with van der Waals surface area (Å²) in [6.07, 6.45) is 0.567. The quantitative estimate of drug-likeness (QED) is 0.779. The van der Waals surface area contributed by atoms with Crippen molar-refractivity contribution in [1.82, 2.24) is 4.90 Å². The van der Waals surface area contributed by atoms with Crippen molar-refractivity contribution >= 4 is 29.1 Å². The number of rotatable bonds is 2. The Kier molecular flexibility index (Phi) is 4.12. The monoisotopic (exact) mass is 308 g/mol. The molecule has 2 aliphatic rings. The molecule has 0 saturated carbocycles. The molecule has 1 atom stereocenters. The molecule has 5 nitrogen and oxygen atoms in total. The molecule has 6 heteroatoms. The van der Waals surface area contributed by atoms with Crippen LogP contribution in [0.4, 0.5) is 5.69 Å². The lowest BCUT2D eigenvalue weighted by atomic mass is 10.1. The zero-order chi connectivity index (χ0) is 14.8. The molecule has 0 aromatic heterocycles. The first-order valence-electron chi connectivity index (χ1n) is 7.10. The second-order valence-corrected chi connectivity index (χ2v) is 5.68. The van der Waals surface area contributed by atoms with Crippen LogP contribution in [0.25, 0.3) is 0 Å². The minimum atomic E-state index is -0.557. The number of anilines is 1. The van der Waals surface area contributed by atoms with E-state index < -0.39 is 5.92 Å². The summed E-state index contributed by atoms with van der Waals surface area (Å²) in [7, 11) is 0. The van der Waals surface area contributed by atoms with Gasteiger partial charge in [0.05, 0.1) is 13.2 Å². The van der Waals surface area contributed by atoms with Crippen LogP contribution in [0.2, 0.25) is 5.02 Å².